The highest BCUT2D eigenvalue weighted by Crippen LogP contribution is 2.17. The van der Waals surface area contributed by atoms with Crippen LogP contribution in [0.5, 0.6) is 0 Å². The standard InChI is InChI=1S/C17H20N2O/c1-3-18-15-12-10-14(11-13-15)17(20)19(4-2)16-8-6-5-7-9-16/h5-13,18H,3-4H2,1-2H3. The van der Waals surface area contributed by atoms with Gasteiger partial charge in [0.1, 0.15) is 0 Å². The molecule has 3 nitrogen and oxygen atoms in total. The summed E-state index contributed by atoms with van der Waals surface area (Å²) >= 11 is 0. The summed E-state index contributed by atoms with van der Waals surface area (Å²) < 4.78 is 0. The third-order valence-electron chi connectivity index (χ3n) is 3.14. The minimum Gasteiger partial charge on any atom is -0.385 e. The molecule has 0 radical (unpaired) electrons. The molecule has 0 aliphatic heterocycles. The zero-order valence-corrected chi connectivity index (χ0v) is 12.0. The molecule has 0 aliphatic carbocycles. The second-order valence-electron chi connectivity index (χ2n) is 4.49. The van der Waals surface area contributed by atoms with E-state index in [9.17, 15) is 4.79 Å². The number of para-hydroxylation sites is 1. The van der Waals surface area contributed by atoms with Crippen molar-refractivity contribution in [3.63, 3.8) is 0 Å². The average molecular weight is 268 g/mol. The first-order chi connectivity index (χ1) is 9.76. The normalized spacial score (nSPS) is 10.1. The lowest BCUT2D eigenvalue weighted by Crippen LogP contribution is -2.30. The van der Waals surface area contributed by atoms with Gasteiger partial charge in [-0.15, -0.1) is 0 Å². The van der Waals surface area contributed by atoms with Crippen molar-refractivity contribution in [2.75, 3.05) is 23.3 Å². The van der Waals surface area contributed by atoms with Crippen LogP contribution >= 0.6 is 0 Å². The summed E-state index contributed by atoms with van der Waals surface area (Å²) in [6, 6.07) is 17.4. The van der Waals surface area contributed by atoms with Crippen molar-refractivity contribution in [1.29, 1.82) is 0 Å². The van der Waals surface area contributed by atoms with Gasteiger partial charge in [-0.1, -0.05) is 18.2 Å². The predicted molar refractivity (Wildman–Crippen MR) is 84.4 cm³/mol. The van der Waals surface area contributed by atoms with Crippen molar-refractivity contribution in [2.24, 2.45) is 0 Å². The van der Waals surface area contributed by atoms with E-state index < -0.39 is 0 Å². The third kappa shape index (κ3) is 3.18. The molecule has 0 bridgehead atoms. The molecule has 2 aromatic rings. The van der Waals surface area contributed by atoms with Gasteiger partial charge in [0.2, 0.25) is 0 Å². The second-order valence-corrected chi connectivity index (χ2v) is 4.49. The van der Waals surface area contributed by atoms with Crippen molar-refractivity contribution in [2.45, 2.75) is 13.8 Å². The van der Waals surface area contributed by atoms with Crippen molar-refractivity contribution < 1.29 is 4.79 Å². The molecule has 0 atom stereocenters. The Morgan fingerprint density at radius 2 is 1.65 bits per heavy atom. The van der Waals surface area contributed by atoms with Gasteiger partial charge in [-0.25, -0.2) is 0 Å². The minimum atomic E-state index is 0.0294. The van der Waals surface area contributed by atoms with Gasteiger partial charge < -0.3 is 10.2 Å². The van der Waals surface area contributed by atoms with E-state index >= 15 is 0 Å². The van der Waals surface area contributed by atoms with Gasteiger partial charge in [0.15, 0.2) is 0 Å². The number of anilines is 2. The van der Waals surface area contributed by atoms with Crippen molar-refractivity contribution in [1.82, 2.24) is 0 Å². The monoisotopic (exact) mass is 268 g/mol. The Kier molecular flexibility index (Phi) is 4.77. The van der Waals surface area contributed by atoms with Gasteiger partial charge in [0.05, 0.1) is 0 Å². The molecule has 0 aliphatic rings. The number of rotatable bonds is 5. The summed E-state index contributed by atoms with van der Waals surface area (Å²) in [5.74, 6) is 0.0294. The van der Waals surface area contributed by atoms with Gasteiger partial charge >= 0.3 is 0 Å². The number of nitrogens with one attached hydrogen (secondary N) is 1. The smallest absolute Gasteiger partial charge is 0.258 e. The largest absolute Gasteiger partial charge is 0.385 e. The zero-order chi connectivity index (χ0) is 14.4. The fourth-order valence-corrected chi connectivity index (χ4v) is 2.14. The van der Waals surface area contributed by atoms with Crippen molar-refractivity contribution in [3.8, 4) is 0 Å². The summed E-state index contributed by atoms with van der Waals surface area (Å²) in [4.78, 5) is 14.3. The SMILES string of the molecule is CCNc1ccc(C(=O)N(CC)c2ccccc2)cc1. The highest BCUT2D eigenvalue weighted by atomic mass is 16.2. The van der Waals surface area contributed by atoms with E-state index in [0.717, 1.165) is 17.9 Å². The summed E-state index contributed by atoms with van der Waals surface area (Å²) in [5.41, 5.74) is 2.67. The van der Waals surface area contributed by atoms with Crippen LogP contribution in [0.4, 0.5) is 11.4 Å². The quantitative estimate of drug-likeness (QED) is 0.895. The van der Waals surface area contributed by atoms with Crippen LogP contribution in [0.2, 0.25) is 0 Å². The number of carbonyl (C=O) groups excluding carboxylic acids is 1. The Hall–Kier alpha value is -2.29. The molecule has 0 saturated heterocycles. The number of amides is 1. The topological polar surface area (TPSA) is 32.3 Å². The fraction of sp³-hybridized carbons (Fsp3) is 0.235. The second kappa shape index (κ2) is 6.75. The third-order valence-corrected chi connectivity index (χ3v) is 3.14. The summed E-state index contributed by atoms with van der Waals surface area (Å²) in [6.07, 6.45) is 0. The van der Waals surface area contributed by atoms with E-state index in [1.165, 1.54) is 0 Å². The van der Waals surface area contributed by atoms with Crippen molar-refractivity contribution >= 4 is 17.3 Å². The van der Waals surface area contributed by atoms with Crippen LogP contribution in [0.1, 0.15) is 24.2 Å². The van der Waals surface area contributed by atoms with E-state index in [1.54, 1.807) is 4.90 Å². The first-order valence-corrected chi connectivity index (χ1v) is 6.97. The van der Waals surface area contributed by atoms with Gasteiger partial charge in [0.25, 0.3) is 5.91 Å². The summed E-state index contributed by atoms with van der Waals surface area (Å²) in [6.45, 7) is 5.56. The molecule has 0 aromatic heterocycles. The molecule has 1 amide bonds. The maximum atomic E-state index is 12.6. The Bertz CT molecular complexity index is 549. The average Bonchev–Trinajstić information content (AvgIpc) is 2.50. The molecule has 104 valence electrons. The fourth-order valence-electron chi connectivity index (χ4n) is 2.14. The maximum absolute atomic E-state index is 12.6. The number of benzene rings is 2. The lowest BCUT2D eigenvalue weighted by molar-refractivity contribution is 0.0988. The van der Waals surface area contributed by atoms with Crippen LogP contribution in [-0.4, -0.2) is 19.0 Å². The van der Waals surface area contributed by atoms with Crippen LogP contribution in [0.15, 0.2) is 54.6 Å². The van der Waals surface area contributed by atoms with Gasteiger partial charge in [-0.05, 0) is 50.2 Å². The highest BCUT2D eigenvalue weighted by molar-refractivity contribution is 6.06. The Balaban J connectivity index is 2.20. The molecule has 0 heterocycles. The molecule has 0 spiro atoms. The maximum Gasteiger partial charge on any atom is 0.258 e. The van der Waals surface area contributed by atoms with E-state index in [1.807, 2.05) is 68.4 Å². The van der Waals surface area contributed by atoms with Gasteiger partial charge in [-0.2, -0.15) is 0 Å². The van der Waals surface area contributed by atoms with E-state index in [-0.39, 0.29) is 5.91 Å². The van der Waals surface area contributed by atoms with Crippen LogP contribution in [0.3, 0.4) is 0 Å². The van der Waals surface area contributed by atoms with Gasteiger partial charge in [0, 0.05) is 30.0 Å². The number of carbonyl (C=O) groups is 1. The Morgan fingerprint density at radius 1 is 1.00 bits per heavy atom. The highest BCUT2D eigenvalue weighted by Gasteiger charge is 2.15. The lowest BCUT2D eigenvalue weighted by atomic mass is 10.1. The summed E-state index contributed by atoms with van der Waals surface area (Å²) in [5, 5.41) is 3.22. The van der Waals surface area contributed by atoms with E-state index in [0.29, 0.717) is 12.1 Å². The zero-order valence-electron chi connectivity index (χ0n) is 12.0. The molecular formula is C17H20N2O. The first kappa shape index (κ1) is 14.1. The van der Waals surface area contributed by atoms with Gasteiger partial charge in [-0.3, -0.25) is 4.79 Å². The minimum absolute atomic E-state index is 0.0294. The van der Waals surface area contributed by atoms with Crippen LogP contribution in [-0.2, 0) is 0 Å². The molecule has 1 N–H and O–H groups in total. The van der Waals surface area contributed by atoms with Crippen LogP contribution < -0.4 is 10.2 Å². The molecule has 0 saturated carbocycles. The Labute approximate surface area is 120 Å². The van der Waals surface area contributed by atoms with Crippen LogP contribution in [0, 0.1) is 0 Å². The molecular weight excluding hydrogens is 248 g/mol. The molecule has 0 unspecified atom stereocenters. The molecule has 0 fully saturated rings. The molecule has 20 heavy (non-hydrogen) atoms. The number of nitrogens with zero attached hydrogens (tertiary/aromatic N) is 1. The van der Waals surface area contributed by atoms with E-state index in [2.05, 4.69) is 5.32 Å². The van der Waals surface area contributed by atoms with Crippen molar-refractivity contribution in [3.05, 3.63) is 60.2 Å². The summed E-state index contributed by atoms with van der Waals surface area (Å²) in [7, 11) is 0. The molecule has 2 aromatic carbocycles. The first-order valence-electron chi connectivity index (χ1n) is 6.97. The van der Waals surface area contributed by atoms with E-state index in [4.69, 9.17) is 0 Å². The number of hydrogen-bond acceptors (Lipinski definition) is 2. The Morgan fingerprint density at radius 3 is 2.20 bits per heavy atom. The molecule has 3 heteroatoms. The predicted octanol–water partition coefficient (Wildman–Crippen LogP) is 3.79. The van der Waals surface area contributed by atoms with Crippen LogP contribution in [0.25, 0.3) is 0 Å². The molecule has 2 rings (SSSR count). The number of hydrogen-bond donors (Lipinski definition) is 1. The lowest BCUT2D eigenvalue weighted by Gasteiger charge is -2.21.